The summed E-state index contributed by atoms with van der Waals surface area (Å²) in [5.74, 6) is -0.0304. The van der Waals surface area contributed by atoms with E-state index in [1.807, 2.05) is 18.2 Å². The van der Waals surface area contributed by atoms with Crippen molar-refractivity contribution in [2.24, 2.45) is 0 Å². The fourth-order valence-corrected chi connectivity index (χ4v) is 3.14. The van der Waals surface area contributed by atoms with Gasteiger partial charge in [0.1, 0.15) is 6.10 Å². The maximum atomic E-state index is 12.0. The largest absolute Gasteiger partial charge is 0.386 e. The fraction of sp³-hybridized carbons (Fsp3) is 0.294. The molecule has 5 nitrogen and oxygen atoms in total. The van der Waals surface area contributed by atoms with Crippen molar-refractivity contribution in [1.29, 1.82) is 0 Å². The van der Waals surface area contributed by atoms with Crippen LogP contribution in [0.5, 0.6) is 0 Å². The van der Waals surface area contributed by atoms with Crippen LogP contribution < -0.4 is 5.32 Å². The molecule has 0 aliphatic carbocycles. The minimum Gasteiger partial charge on any atom is -0.386 e. The number of amides is 1. The zero-order valence-electron chi connectivity index (χ0n) is 12.0. The van der Waals surface area contributed by atoms with Crippen molar-refractivity contribution >= 4 is 5.91 Å². The van der Waals surface area contributed by atoms with Gasteiger partial charge in [-0.05, 0) is 29.2 Å². The van der Waals surface area contributed by atoms with E-state index in [2.05, 4.69) is 10.3 Å². The Hall–Kier alpha value is -2.24. The van der Waals surface area contributed by atoms with Gasteiger partial charge in [0.15, 0.2) is 0 Å². The molecule has 0 saturated carbocycles. The topological polar surface area (TPSA) is 71.5 Å². The standard InChI is InChI=1S/C17H16N2O3/c20-16-9-22-8-15-13(6-18-7-14(15)16)11-2-1-10-3-4-19-17(21)12(10)5-11/h1-2,5-7,16,20H,3-4,8-9H2,(H,19,21). The third kappa shape index (κ3) is 2.10. The summed E-state index contributed by atoms with van der Waals surface area (Å²) >= 11 is 0. The number of hydrogen-bond acceptors (Lipinski definition) is 4. The monoisotopic (exact) mass is 296 g/mol. The van der Waals surface area contributed by atoms with E-state index >= 15 is 0 Å². The highest BCUT2D eigenvalue weighted by Crippen LogP contribution is 2.33. The van der Waals surface area contributed by atoms with Crippen LogP contribution in [0.1, 0.15) is 33.2 Å². The minimum atomic E-state index is -0.642. The summed E-state index contributed by atoms with van der Waals surface area (Å²) in [4.78, 5) is 16.3. The van der Waals surface area contributed by atoms with Gasteiger partial charge in [-0.3, -0.25) is 9.78 Å². The lowest BCUT2D eigenvalue weighted by molar-refractivity contribution is 0.00981. The number of carbonyl (C=O) groups excluding carboxylic acids is 1. The van der Waals surface area contributed by atoms with Gasteiger partial charge in [-0.15, -0.1) is 0 Å². The highest BCUT2D eigenvalue weighted by molar-refractivity contribution is 5.98. The molecule has 0 bridgehead atoms. The predicted molar refractivity (Wildman–Crippen MR) is 80.3 cm³/mol. The third-order valence-electron chi connectivity index (χ3n) is 4.32. The molecule has 0 spiro atoms. The molecule has 1 atom stereocenters. The maximum Gasteiger partial charge on any atom is 0.251 e. The first-order valence-electron chi connectivity index (χ1n) is 7.38. The van der Waals surface area contributed by atoms with Gasteiger partial charge in [0.25, 0.3) is 5.91 Å². The summed E-state index contributed by atoms with van der Waals surface area (Å²) in [7, 11) is 0. The number of ether oxygens (including phenoxy) is 1. The van der Waals surface area contributed by atoms with E-state index in [1.54, 1.807) is 12.4 Å². The average molecular weight is 296 g/mol. The molecule has 2 aromatic rings. The predicted octanol–water partition coefficient (Wildman–Crippen LogP) is 1.60. The maximum absolute atomic E-state index is 12.0. The van der Waals surface area contributed by atoms with Gasteiger partial charge < -0.3 is 15.2 Å². The number of pyridine rings is 1. The van der Waals surface area contributed by atoms with Crippen molar-refractivity contribution in [1.82, 2.24) is 10.3 Å². The molecule has 0 radical (unpaired) electrons. The Bertz CT molecular complexity index is 758. The van der Waals surface area contributed by atoms with E-state index in [-0.39, 0.29) is 5.91 Å². The quantitative estimate of drug-likeness (QED) is 0.838. The average Bonchev–Trinajstić information content (AvgIpc) is 2.55. The molecular formula is C17H16N2O3. The minimum absolute atomic E-state index is 0.0304. The van der Waals surface area contributed by atoms with Crippen molar-refractivity contribution in [3.8, 4) is 11.1 Å². The van der Waals surface area contributed by atoms with E-state index in [0.717, 1.165) is 39.8 Å². The van der Waals surface area contributed by atoms with Gasteiger partial charge in [-0.2, -0.15) is 0 Å². The molecule has 1 aromatic heterocycles. The van der Waals surface area contributed by atoms with Gasteiger partial charge in [-0.25, -0.2) is 0 Å². The van der Waals surface area contributed by atoms with Crippen LogP contribution in [0.15, 0.2) is 30.6 Å². The molecule has 3 heterocycles. The molecule has 2 aliphatic rings. The molecule has 0 saturated heterocycles. The van der Waals surface area contributed by atoms with Crippen molar-refractivity contribution in [3.63, 3.8) is 0 Å². The molecule has 1 unspecified atom stereocenters. The van der Waals surface area contributed by atoms with E-state index in [0.29, 0.717) is 19.8 Å². The summed E-state index contributed by atoms with van der Waals surface area (Å²) in [6.45, 7) is 1.44. The first kappa shape index (κ1) is 13.4. The molecule has 1 amide bonds. The smallest absolute Gasteiger partial charge is 0.251 e. The van der Waals surface area contributed by atoms with Crippen LogP contribution in [-0.4, -0.2) is 29.1 Å². The number of aromatic nitrogens is 1. The zero-order valence-corrected chi connectivity index (χ0v) is 12.0. The molecule has 1 aromatic carbocycles. The van der Waals surface area contributed by atoms with E-state index < -0.39 is 6.10 Å². The number of nitrogens with zero attached hydrogens (tertiary/aromatic N) is 1. The van der Waals surface area contributed by atoms with E-state index in [9.17, 15) is 9.90 Å². The zero-order chi connectivity index (χ0) is 15.1. The number of benzene rings is 1. The van der Waals surface area contributed by atoms with Gasteiger partial charge in [0.05, 0.1) is 13.2 Å². The second-order valence-corrected chi connectivity index (χ2v) is 5.66. The molecule has 2 aliphatic heterocycles. The number of aliphatic hydroxyl groups excluding tert-OH is 1. The fourth-order valence-electron chi connectivity index (χ4n) is 3.14. The Morgan fingerprint density at radius 3 is 3.09 bits per heavy atom. The number of aliphatic hydroxyl groups is 1. The molecule has 22 heavy (non-hydrogen) atoms. The number of fused-ring (bicyclic) bond motifs is 2. The number of rotatable bonds is 1. The third-order valence-corrected chi connectivity index (χ3v) is 4.32. The summed E-state index contributed by atoms with van der Waals surface area (Å²) in [6, 6.07) is 5.92. The van der Waals surface area contributed by atoms with Crippen molar-refractivity contribution in [3.05, 3.63) is 52.8 Å². The van der Waals surface area contributed by atoms with Crippen molar-refractivity contribution in [2.75, 3.05) is 13.2 Å². The van der Waals surface area contributed by atoms with E-state index in [4.69, 9.17) is 4.74 Å². The van der Waals surface area contributed by atoms with Crippen LogP contribution in [-0.2, 0) is 17.8 Å². The number of hydrogen-bond donors (Lipinski definition) is 2. The molecule has 2 N–H and O–H groups in total. The molecule has 5 heteroatoms. The van der Waals surface area contributed by atoms with Gasteiger partial charge in [-0.1, -0.05) is 12.1 Å². The Morgan fingerprint density at radius 2 is 2.18 bits per heavy atom. The van der Waals surface area contributed by atoms with Gasteiger partial charge in [0.2, 0.25) is 0 Å². The Balaban J connectivity index is 1.85. The molecule has 112 valence electrons. The lowest BCUT2D eigenvalue weighted by atomic mass is 9.91. The second-order valence-electron chi connectivity index (χ2n) is 5.66. The SMILES string of the molecule is O=C1NCCc2ccc(-c3cncc4c3COCC4O)cc21. The Labute approximate surface area is 128 Å². The van der Waals surface area contributed by atoms with Crippen LogP contribution in [0.4, 0.5) is 0 Å². The molecule has 0 fully saturated rings. The van der Waals surface area contributed by atoms with E-state index in [1.165, 1.54) is 0 Å². The molecular weight excluding hydrogens is 280 g/mol. The van der Waals surface area contributed by atoms with Crippen molar-refractivity contribution in [2.45, 2.75) is 19.1 Å². The van der Waals surface area contributed by atoms with Crippen LogP contribution >= 0.6 is 0 Å². The highest BCUT2D eigenvalue weighted by Gasteiger charge is 2.23. The Kier molecular flexibility index (Phi) is 3.17. The van der Waals surface area contributed by atoms with Crippen LogP contribution in [0, 0.1) is 0 Å². The van der Waals surface area contributed by atoms with Crippen LogP contribution in [0.25, 0.3) is 11.1 Å². The summed E-state index contributed by atoms with van der Waals surface area (Å²) < 4.78 is 5.45. The summed E-state index contributed by atoms with van der Waals surface area (Å²) in [5, 5.41) is 12.9. The first-order chi connectivity index (χ1) is 10.7. The summed E-state index contributed by atoms with van der Waals surface area (Å²) in [5.41, 5.74) is 5.39. The van der Waals surface area contributed by atoms with Crippen molar-refractivity contribution < 1.29 is 14.6 Å². The Morgan fingerprint density at radius 1 is 1.27 bits per heavy atom. The lowest BCUT2D eigenvalue weighted by Crippen LogP contribution is -2.31. The van der Waals surface area contributed by atoms with Crippen LogP contribution in [0.3, 0.4) is 0 Å². The number of carbonyl (C=O) groups is 1. The van der Waals surface area contributed by atoms with Gasteiger partial charge in [0, 0.05) is 35.6 Å². The molecule has 4 rings (SSSR count). The lowest BCUT2D eigenvalue weighted by Gasteiger charge is -2.24. The van der Waals surface area contributed by atoms with Crippen LogP contribution in [0.2, 0.25) is 0 Å². The highest BCUT2D eigenvalue weighted by atomic mass is 16.5. The van der Waals surface area contributed by atoms with Gasteiger partial charge >= 0.3 is 0 Å². The first-order valence-corrected chi connectivity index (χ1v) is 7.38. The second kappa shape index (κ2) is 5.19. The number of nitrogens with one attached hydrogen (secondary N) is 1. The summed E-state index contributed by atoms with van der Waals surface area (Å²) in [6.07, 6.45) is 3.67. The normalized spacial score (nSPS) is 20.0.